The molecule has 0 amide bonds. The molecule has 0 saturated carbocycles. The molecule has 4 nitrogen and oxygen atoms in total. The second-order valence-electron chi connectivity index (χ2n) is 3.91. The van der Waals surface area contributed by atoms with Crippen LogP contribution in [-0.4, -0.2) is 18.7 Å². The van der Waals surface area contributed by atoms with Crippen LogP contribution in [-0.2, 0) is 16.1 Å². The fraction of sp³-hybridized carbons (Fsp3) is 0.462. The van der Waals surface area contributed by atoms with E-state index in [1.54, 1.807) is 0 Å². The summed E-state index contributed by atoms with van der Waals surface area (Å²) in [4.78, 5) is 10.1. The highest BCUT2D eigenvalue weighted by molar-refractivity contribution is 5.69. The molecule has 0 aliphatic carbocycles. The molecule has 1 unspecified atom stereocenters. The molecule has 0 bridgehead atoms. The van der Waals surface area contributed by atoms with Gasteiger partial charge in [-0.1, -0.05) is 30.3 Å². The molecule has 1 aromatic carbocycles. The van der Waals surface area contributed by atoms with Gasteiger partial charge in [0.05, 0.1) is 18.6 Å². The second-order valence-corrected chi connectivity index (χ2v) is 3.91. The van der Waals surface area contributed by atoms with Gasteiger partial charge in [-0.2, -0.15) is 0 Å². The van der Waals surface area contributed by atoms with Crippen molar-refractivity contribution < 1.29 is 20.4 Å². The third-order valence-electron chi connectivity index (χ3n) is 2.57. The summed E-state index contributed by atoms with van der Waals surface area (Å²) in [7, 11) is 0. The molecule has 1 heterocycles. The molecular weight excluding hydrogens is 218 g/mol. The molecule has 1 aliphatic heterocycles. The molecule has 2 rings (SSSR count). The summed E-state index contributed by atoms with van der Waals surface area (Å²) in [5, 5.41) is 10.1. The number of carbonyl (C=O) groups is 1. The number of carboxylic acids is 1. The highest BCUT2D eigenvalue weighted by atomic mass is 16.5. The SMILES string of the molecule is O=C([O-])C1CCCCO1.[NH3+]Cc1ccccc1. The molecule has 0 radical (unpaired) electrons. The lowest BCUT2D eigenvalue weighted by molar-refractivity contribution is -0.386. The lowest BCUT2D eigenvalue weighted by Gasteiger charge is -2.22. The van der Waals surface area contributed by atoms with E-state index in [0.717, 1.165) is 19.4 Å². The van der Waals surface area contributed by atoms with Gasteiger partial charge in [-0.25, -0.2) is 0 Å². The first-order valence-electron chi connectivity index (χ1n) is 5.89. The molecule has 1 fully saturated rings. The van der Waals surface area contributed by atoms with Crippen molar-refractivity contribution >= 4 is 5.97 Å². The number of ether oxygens (including phenoxy) is 1. The maximum atomic E-state index is 10.1. The quantitative estimate of drug-likeness (QED) is 0.769. The van der Waals surface area contributed by atoms with Crippen LogP contribution >= 0.6 is 0 Å². The van der Waals surface area contributed by atoms with Crippen LogP contribution in [0.2, 0.25) is 0 Å². The summed E-state index contributed by atoms with van der Waals surface area (Å²) >= 11 is 0. The predicted molar refractivity (Wildman–Crippen MR) is 61.6 cm³/mol. The summed E-state index contributed by atoms with van der Waals surface area (Å²) in [6.07, 6.45) is 1.89. The molecule has 3 N–H and O–H groups in total. The second kappa shape index (κ2) is 7.81. The molecule has 1 atom stereocenters. The predicted octanol–water partition coefficient (Wildman–Crippen LogP) is -0.266. The maximum Gasteiger partial charge on any atom is 0.0997 e. The molecular formula is C13H19NO3. The van der Waals surface area contributed by atoms with Crippen molar-refractivity contribution in [3.05, 3.63) is 35.9 Å². The Morgan fingerprint density at radius 3 is 2.41 bits per heavy atom. The first-order chi connectivity index (χ1) is 8.24. The molecule has 0 spiro atoms. The summed E-state index contributed by atoms with van der Waals surface area (Å²) in [5.41, 5.74) is 5.05. The monoisotopic (exact) mass is 237 g/mol. The molecule has 4 heteroatoms. The van der Waals surface area contributed by atoms with E-state index < -0.39 is 12.1 Å². The smallest absolute Gasteiger partial charge is 0.0997 e. The van der Waals surface area contributed by atoms with Crippen LogP contribution in [0.5, 0.6) is 0 Å². The van der Waals surface area contributed by atoms with Gasteiger partial charge in [0.1, 0.15) is 0 Å². The Morgan fingerprint density at radius 1 is 1.35 bits per heavy atom. The van der Waals surface area contributed by atoms with E-state index in [9.17, 15) is 9.90 Å². The zero-order valence-electron chi connectivity index (χ0n) is 9.93. The summed E-state index contributed by atoms with van der Waals surface area (Å²) < 4.78 is 4.88. The number of quaternary nitrogens is 1. The minimum absolute atomic E-state index is 0.568. The topological polar surface area (TPSA) is 77.0 Å². The number of carbonyl (C=O) groups excluding carboxylic acids is 1. The first-order valence-corrected chi connectivity index (χ1v) is 5.89. The van der Waals surface area contributed by atoms with Crippen molar-refractivity contribution in [2.75, 3.05) is 6.61 Å². The molecule has 1 aromatic rings. The van der Waals surface area contributed by atoms with E-state index in [0.29, 0.717) is 13.0 Å². The Kier molecular flexibility index (Phi) is 6.29. The van der Waals surface area contributed by atoms with Crippen LogP contribution in [0.1, 0.15) is 24.8 Å². The van der Waals surface area contributed by atoms with E-state index in [2.05, 4.69) is 17.9 Å². The largest absolute Gasteiger partial charge is 0.547 e. The third-order valence-corrected chi connectivity index (χ3v) is 2.57. The molecule has 17 heavy (non-hydrogen) atoms. The van der Waals surface area contributed by atoms with Crippen LogP contribution in [0.15, 0.2) is 30.3 Å². The zero-order valence-corrected chi connectivity index (χ0v) is 9.93. The van der Waals surface area contributed by atoms with Gasteiger partial charge >= 0.3 is 0 Å². The molecule has 0 aromatic heterocycles. The minimum Gasteiger partial charge on any atom is -0.547 e. The summed E-state index contributed by atoms with van der Waals surface area (Å²) in [6, 6.07) is 10.2. The van der Waals surface area contributed by atoms with Crippen molar-refractivity contribution in [1.29, 1.82) is 0 Å². The van der Waals surface area contributed by atoms with E-state index in [4.69, 9.17) is 4.74 Å². The van der Waals surface area contributed by atoms with Gasteiger partial charge in [0.15, 0.2) is 0 Å². The van der Waals surface area contributed by atoms with Crippen molar-refractivity contribution in [2.45, 2.75) is 31.9 Å². The van der Waals surface area contributed by atoms with Crippen LogP contribution in [0.25, 0.3) is 0 Å². The minimum atomic E-state index is -1.07. The Bertz CT molecular complexity index is 321. The van der Waals surface area contributed by atoms with Gasteiger partial charge in [-0.15, -0.1) is 0 Å². The number of carboxylic acid groups (broad SMARTS) is 1. The summed E-state index contributed by atoms with van der Waals surface area (Å²) in [6.45, 7) is 1.46. The Hall–Kier alpha value is -1.39. The lowest BCUT2D eigenvalue weighted by Crippen LogP contribution is -2.47. The van der Waals surface area contributed by atoms with E-state index in [-0.39, 0.29) is 0 Å². The normalized spacial score (nSPS) is 19.0. The Labute approximate surface area is 101 Å². The summed E-state index contributed by atoms with van der Waals surface area (Å²) in [5.74, 6) is -1.07. The molecule has 94 valence electrons. The van der Waals surface area contributed by atoms with E-state index in [1.807, 2.05) is 18.2 Å². The Morgan fingerprint density at radius 2 is 2.06 bits per heavy atom. The van der Waals surface area contributed by atoms with Gasteiger partial charge in [0.25, 0.3) is 0 Å². The van der Waals surface area contributed by atoms with Gasteiger partial charge < -0.3 is 20.4 Å². The van der Waals surface area contributed by atoms with Gasteiger partial charge in [-0.05, 0) is 19.3 Å². The third kappa shape index (κ3) is 5.47. The van der Waals surface area contributed by atoms with Crippen molar-refractivity contribution in [1.82, 2.24) is 0 Å². The van der Waals surface area contributed by atoms with Crippen molar-refractivity contribution in [3.63, 3.8) is 0 Å². The number of hydrogen-bond donors (Lipinski definition) is 1. The maximum absolute atomic E-state index is 10.1. The number of aliphatic carboxylic acids is 1. The number of rotatable bonds is 2. The van der Waals surface area contributed by atoms with Crippen LogP contribution in [0.4, 0.5) is 0 Å². The van der Waals surface area contributed by atoms with Gasteiger partial charge in [-0.3, -0.25) is 0 Å². The van der Waals surface area contributed by atoms with Crippen molar-refractivity contribution in [2.24, 2.45) is 0 Å². The fourth-order valence-electron chi connectivity index (χ4n) is 1.57. The first kappa shape index (κ1) is 13.7. The van der Waals surface area contributed by atoms with Gasteiger partial charge in [0, 0.05) is 12.2 Å². The van der Waals surface area contributed by atoms with Crippen LogP contribution in [0.3, 0.4) is 0 Å². The standard InChI is InChI=1S/C7H9N.C6H10O3/c8-6-7-4-2-1-3-5-7;7-6(8)5-3-1-2-4-9-5/h1-5H,6,8H2;5H,1-4H2,(H,7,8). The van der Waals surface area contributed by atoms with Gasteiger partial charge in [0.2, 0.25) is 0 Å². The average Bonchev–Trinajstić information content (AvgIpc) is 2.41. The molecule has 1 aliphatic rings. The van der Waals surface area contributed by atoms with Crippen molar-refractivity contribution in [3.8, 4) is 0 Å². The number of hydrogen-bond acceptors (Lipinski definition) is 3. The van der Waals surface area contributed by atoms with E-state index in [1.165, 1.54) is 5.56 Å². The highest BCUT2D eigenvalue weighted by Crippen LogP contribution is 2.11. The highest BCUT2D eigenvalue weighted by Gasteiger charge is 2.13. The van der Waals surface area contributed by atoms with Crippen LogP contribution in [0, 0.1) is 0 Å². The molecule has 1 saturated heterocycles. The van der Waals surface area contributed by atoms with Crippen LogP contribution < -0.4 is 10.8 Å². The Balaban J connectivity index is 0.000000171. The lowest BCUT2D eigenvalue weighted by atomic mass is 10.1. The van der Waals surface area contributed by atoms with E-state index >= 15 is 0 Å². The fourth-order valence-corrected chi connectivity index (χ4v) is 1.57. The average molecular weight is 237 g/mol. The number of benzene rings is 1. The zero-order chi connectivity index (χ0) is 12.5.